The third-order valence-electron chi connectivity index (χ3n) is 3.37. The summed E-state index contributed by atoms with van der Waals surface area (Å²) in [5.74, 6) is -0.777. The number of halogens is 1. The number of hydrogen-bond acceptors (Lipinski definition) is 2. The molecular weight excluding hydrogens is 313 g/mol. The molecular formula is C18H14FNO2S. The van der Waals surface area contributed by atoms with Gasteiger partial charge in [0, 0.05) is 5.69 Å². The summed E-state index contributed by atoms with van der Waals surface area (Å²) >= 11 is 0. The minimum atomic E-state index is -3.95. The lowest BCUT2D eigenvalue weighted by Gasteiger charge is -2.09. The smallest absolute Gasteiger partial charge is 0.264 e. The van der Waals surface area contributed by atoms with Crippen molar-refractivity contribution < 1.29 is 12.8 Å². The van der Waals surface area contributed by atoms with Crippen LogP contribution in [0.4, 0.5) is 10.1 Å². The molecule has 3 rings (SSSR count). The molecule has 0 atom stereocenters. The van der Waals surface area contributed by atoms with Crippen LogP contribution in [0.3, 0.4) is 0 Å². The highest BCUT2D eigenvalue weighted by Gasteiger charge is 2.18. The largest absolute Gasteiger partial charge is 0.280 e. The summed E-state index contributed by atoms with van der Waals surface area (Å²) in [5, 5.41) is 0. The first-order valence-electron chi connectivity index (χ1n) is 6.99. The van der Waals surface area contributed by atoms with Crippen molar-refractivity contribution in [1.29, 1.82) is 0 Å². The van der Waals surface area contributed by atoms with Gasteiger partial charge in [-0.2, -0.15) is 0 Å². The predicted octanol–water partition coefficient (Wildman–Crippen LogP) is 4.29. The SMILES string of the molecule is O=S(=O)(Nc1ccc(-c2ccccc2)cc1)c1ccccc1F. The van der Waals surface area contributed by atoms with Crippen LogP contribution in [0, 0.1) is 5.82 Å². The van der Waals surface area contributed by atoms with Gasteiger partial charge in [-0.1, -0.05) is 54.6 Å². The van der Waals surface area contributed by atoms with Crippen molar-refractivity contribution in [3.63, 3.8) is 0 Å². The van der Waals surface area contributed by atoms with E-state index in [1.165, 1.54) is 18.2 Å². The zero-order valence-corrected chi connectivity index (χ0v) is 12.9. The predicted molar refractivity (Wildman–Crippen MR) is 89.1 cm³/mol. The van der Waals surface area contributed by atoms with Crippen LogP contribution in [0.5, 0.6) is 0 Å². The average Bonchev–Trinajstić information content (AvgIpc) is 2.56. The van der Waals surface area contributed by atoms with E-state index in [1.54, 1.807) is 12.1 Å². The first-order chi connectivity index (χ1) is 11.1. The Kier molecular flexibility index (Phi) is 4.12. The normalized spacial score (nSPS) is 11.2. The lowest BCUT2D eigenvalue weighted by atomic mass is 10.1. The molecule has 3 aromatic carbocycles. The molecule has 0 aliphatic rings. The van der Waals surface area contributed by atoms with Crippen molar-refractivity contribution in [2.75, 3.05) is 4.72 Å². The second-order valence-electron chi connectivity index (χ2n) is 4.98. The van der Waals surface area contributed by atoms with Crippen molar-refractivity contribution in [1.82, 2.24) is 0 Å². The maximum Gasteiger partial charge on any atom is 0.264 e. The Bertz CT molecular complexity index is 907. The molecule has 3 aromatic rings. The second-order valence-corrected chi connectivity index (χ2v) is 6.63. The minimum Gasteiger partial charge on any atom is -0.280 e. The van der Waals surface area contributed by atoms with Crippen LogP contribution in [0.15, 0.2) is 83.8 Å². The molecule has 0 bridgehead atoms. The molecule has 116 valence electrons. The minimum absolute atomic E-state index is 0.368. The van der Waals surface area contributed by atoms with Crippen molar-refractivity contribution in [2.45, 2.75) is 4.90 Å². The van der Waals surface area contributed by atoms with Gasteiger partial charge in [0.25, 0.3) is 10.0 Å². The fourth-order valence-electron chi connectivity index (χ4n) is 2.23. The highest BCUT2D eigenvalue weighted by molar-refractivity contribution is 7.92. The summed E-state index contributed by atoms with van der Waals surface area (Å²) < 4.78 is 40.5. The summed E-state index contributed by atoms with van der Waals surface area (Å²) in [6, 6.07) is 22.0. The molecule has 3 nitrogen and oxygen atoms in total. The van der Waals surface area contributed by atoms with Crippen molar-refractivity contribution in [3.05, 3.63) is 84.7 Å². The first-order valence-corrected chi connectivity index (χ1v) is 8.47. The van der Waals surface area contributed by atoms with Crippen LogP contribution in [0.25, 0.3) is 11.1 Å². The van der Waals surface area contributed by atoms with Gasteiger partial charge < -0.3 is 0 Å². The highest BCUT2D eigenvalue weighted by Crippen LogP contribution is 2.23. The summed E-state index contributed by atoms with van der Waals surface area (Å²) in [7, 11) is -3.95. The van der Waals surface area contributed by atoms with Crippen LogP contribution in [0.2, 0.25) is 0 Å². The first kappa shape index (κ1) is 15.2. The van der Waals surface area contributed by atoms with E-state index < -0.39 is 15.8 Å². The van der Waals surface area contributed by atoms with Crippen LogP contribution in [-0.4, -0.2) is 8.42 Å². The van der Waals surface area contributed by atoms with Gasteiger partial charge in [0.05, 0.1) is 0 Å². The molecule has 0 saturated heterocycles. The van der Waals surface area contributed by atoms with Crippen LogP contribution >= 0.6 is 0 Å². The van der Waals surface area contributed by atoms with Gasteiger partial charge in [-0.15, -0.1) is 0 Å². The molecule has 5 heteroatoms. The van der Waals surface area contributed by atoms with Crippen molar-refractivity contribution in [2.24, 2.45) is 0 Å². The molecule has 0 heterocycles. The fourth-order valence-corrected chi connectivity index (χ4v) is 3.37. The van der Waals surface area contributed by atoms with Gasteiger partial charge >= 0.3 is 0 Å². The molecule has 0 unspecified atom stereocenters. The number of sulfonamides is 1. The monoisotopic (exact) mass is 327 g/mol. The number of benzene rings is 3. The summed E-state index contributed by atoms with van der Waals surface area (Å²) in [6.07, 6.45) is 0. The Morgan fingerprint density at radius 2 is 1.26 bits per heavy atom. The fraction of sp³-hybridized carbons (Fsp3) is 0. The van der Waals surface area contributed by atoms with Gasteiger partial charge in [-0.25, -0.2) is 12.8 Å². The maximum atomic E-state index is 13.7. The molecule has 1 N–H and O–H groups in total. The summed E-state index contributed by atoms with van der Waals surface area (Å²) in [6.45, 7) is 0. The van der Waals surface area contributed by atoms with E-state index in [4.69, 9.17) is 0 Å². The molecule has 0 radical (unpaired) electrons. The van der Waals surface area contributed by atoms with Gasteiger partial charge in [0.1, 0.15) is 10.7 Å². The van der Waals surface area contributed by atoms with Crippen LogP contribution in [-0.2, 0) is 10.0 Å². The lowest BCUT2D eigenvalue weighted by Crippen LogP contribution is -2.14. The standard InChI is InChI=1S/C18H14FNO2S/c19-17-8-4-5-9-18(17)23(21,22)20-16-12-10-15(11-13-16)14-6-2-1-3-7-14/h1-13,20H. The molecule has 0 aromatic heterocycles. The third kappa shape index (κ3) is 3.40. The van der Waals surface area contributed by atoms with E-state index in [2.05, 4.69) is 4.72 Å². The Hall–Kier alpha value is -2.66. The lowest BCUT2D eigenvalue weighted by molar-refractivity contribution is 0.570. The summed E-state index contributed by atoms with van der Waals surface area (Å²) in [4.78, 5) is -0.368. The Morgan fingerprint density at radius 1 is 0.696 bits per heavy atom. The van der Waals surface area contributed by atoms with E-state index in [0.29, 0.717) is 5.69 Å². The Labute approximate surface area is 134 Å². The molecule has 0 saturated carbocycles. The molecule has 0 aliphatic heterocycles. The number of rotatable bonds is 4. The molecule has 0 fully saturated rings. The van der Waals surface area contributed by atoms with Crippen LogP contribution < -0.4 is 4.72 Å². The highest BCUT2D eigenvalue weighted by atomic mass is 32.2. The van der Waals surface area contributed by atoms with E-state index in [1.807, 2.05) is 42.5 Å². The van der Waals surface area contributed by atoms with Crippen molar-refractivity contribution >= 4 is 15.7 Å². The van der Waals surface area contributed by atoms with Gasteiger partial charge in [0.15, 0.2) is 0 Å². The molecule has 0 amide bonds. The summed E-state index contributed by atoms with van der Waals surface area (Å²) in [5.41, 5.74) is 2.39. The van der Waals surface area contributed by atoms with Gasteiger partial charge in [-0.3, -0.25) is 4.72 Å². The zero-order chi connectivity index (χ0) is 16.3. The topological polar surface area (TPSA) is 46.2 Å². The Balaban J connectivity index is 1.85. The van der Waals surface area contributed by atoms with Crippen molar-refractivity contribution in [3.8, 4) is 11.1 Å². The molecule has 0 aliphatic carbocycles. The van der Waals surface area contributed by atoms with E-state index in [-0.39, 0.29) is 4.90 Å². The van der Waals surface area contributed by atoms with Crippen LogP contribution in [0.1, 0.15) is 0 Å². The Morgan fingerprint density at radius 3 is 1.91 bits per heavy atom. The number of anilines is 1. The third-order valence-corrected chi connectivity index (χ3v) is 4.78. The molecule has 0 spiro atoms. The zero-order valence-electron chi connectivity index (χ0n) is 12.1. The number of hydrogen-bond donors (Lipinski definition) is 1. The quantitative estimate of drug-likeness (QED) is 0.777. The van der Waals surface area contributed by atoms with E-state index >= 15 is 0 Å². The maximum absolute atomic E-state index is 13.7. The van der Waals surface area contributed by atoms with E-state index in [9.17, 15) is 12.8 Å². The average molecular weight is 327 g/mol. The second kappa shape index (κ2) is 6.22. The number of nitrogens with one attached hydrogen (secondary N) is 1. The van der Waals surface area contributed by atoms with Gasteiger partial charge in [-0.05, 0) is 35.4 Å². The molecule has 23 heavy (non-hydrogen) atoms. The van der Waals surface area contributed by atoms with Gasteiger partial charge in [0.2, 0.25) is 0 Å². The van der Waals surface area contributed by atoms with E-state index in [0.717, 1.165) is 17.2 Å².